The Labute approximate surface area is 134 Å². The second kappa shape index (κ2) is 8.66. The maximum absolute atomic E-state index is 5.95. The van der Waals surface area contributed by atoms with E-state index in [4.69, 9.17) is 10.5 Å². The second-order valence-corrected chi connectivity index (χ2v) is 6.29. The zero-order valence-electron chi connectivity index (χ0n) is 13.8. The summed E-state index contributed by atoms with van der Waals surface area (Å²) in [5.41, 5.74) is 7.18. The molecular formula is C18H29N3O. The lowest BCUT2D eigenvalue weighted by atomic mass is 9.96. The van der Waals surface area contributed by atoms with Crippen LogP contribution in [0.2, 0.25) is 0 Å². The Morgan fingerprint density at radius 1 is 1.27 bits per heavy atom. The Morgan fingerprint density at radius 3 is 2.73 bits per heavy atom. The molecule has 0 aliphatic heterocycles. The van der Waals surface area contributed by atoms with E-state index in [1.165, 1.54) is 37.7 Å². The van der Waals surface area contributed by atoms with Gasteiger partial charge >= 0.3 is 0 Å². The van der Waals surface area contributed by atoms with E-state index in [0.29, 0.717) is 31.1 Å². The molecule has 0 bridgehead atoms. The number of nitrogens with zero attached hydrogens (tertiary/aromatic N) is 1. The Balaban J connectivity index is 1.75. The topological polar surface area (TPSA) is 59.6 Å². The third-order valence-electron chi connectivity index (χ3n) is 4.13. The lowest BCUT2D eigenvalue weighted by Gasteiger charge is -2.23. The van der Waals surface area contributed by atoms with Gasteiger partial charge in [0.25, 0.3) is 0 Å². The van der Waals surface area contributed by atoms with Crippen LogP contribution in [-0.4, -0.2) is 25.2 Å². The molecule has 1 aromatic rings. The molecule has 0 spiro atoms. The first-order valence-electron chi connectivity index (χ1n) is 8.45. The number of rotatable bonds is 6. The minimum atomic E-state index is 0.456. The number of aliphatic imine (C=N–C) groups is 1. The minimum absolute atomic E-state index is 0.456. The zero-order valence-corrected chi connectivity index (χ0v) is 13.8. The monoisotopic (exact) mass is 303 g/mol. The zero-order chi connectivity index (χ0) is 15.8. The van der Waals surface area contributed by atoms with Gasteiger partial charge in [0.2, 0.25) is 0 Å². The minimum Gasteiger partial charge on any atom is -0.491 e. The molecule has 1 fully saturated rings. The van der Waals surface area contributed by atoms with Gasteiger partial charge in [0.1, 0.15) is 12.4 Å². The maximum atomic E-state index is 5.95. The molecule has 4 heteroatoms. The van der Waals surface area contributed by atoms with Crippen LogP contribution in [0.15, 0.2) is 29.3 Å². The first-order valence-corrected chi connectivity index (χ1v) is 8.45. The van der Waals surface area contributed by atoms with Crippen molar-refractivity contribution in [3.63, 3.8) is 0 Å². The Kier molecular flexibility index (Phi) is 6.56. The van der Waals surface area contributed by atoms with Gasteiger partial charge in [-0.25, -0.2) is 4.99 Å². The van der Waals surface area contributed by atoms with Crippen molar-refractivity contribution in [1.29, 1.82) is 0 Å². The lowest BCUT2D eigenvalue weighted by molar-refractivity contribution is 0.323. The van der Waals surface area contributed by atoms with E-state index in [2.05, 4.69) is 30.2 Å². The molecule has 0 atom stereocenters. The van der Waals surface area contributed by atoms with Crippen LogP contribution in [0.4, 0.5) is 0 Å². The summed E-state index contributed by atoms with van der Waals surface area (Å²) in [7, 11) is 0. The van der Waals surface area contributed by atoms with Gasteiger partial charge in [0.05, 0.1) is 6.54 Å². The van der Waals surface area contributed by atoms with Crippen LogP contribution in [0.3, 0.4) is 0 Å². The number of ether oxygens (including phenoxy) is 1. The van der Waals surface area contributed by atoms with Crippen molar-refractivity contribution < 1.29 is 4.74 Å². The Morgan fingerprint density at radius 2 is 2.00 bits per heavy atom. The fourth-order valence-electron chi connectivity index (χ4n) is 2.91. The molecule has 1 aromatic carbocycles. The van der Waals surface area contributed by atoms with Crippen LogP contribution in [0.5, 0.6) is 5.75 Å². The van der Waals surface area contributed by atoms with Gasteiger partial charge in [-0.3, -0.25) is 0 Å². The number of guanidine groups is 1. The highest BCUT2D eigenvalue weighted by Crippen LogP contribution is 2.25. The van der Waals surface area contributed by atoms with Gasteiger partial charge in [-0.05, 0) is 30.4 Å². The second-order valence-electron chi connectivity index (χ2n) is 6.29. The van der Waals surface area contributed by atoms with E-state index in [1.54, 1.807) is 0 Å². The van der Waals surface area contributed by atoms with Crippen molar-refractivity contribution in [2.24, 2.45) is 10.7 Å². The maximum Gasteiger partial charge on any atom is 0.188 e. The molecule has 3 N–H and O–H groups in total. The highest BCUT2D eigenvalue weighted by atomic mass is 16.5. The molecule has 0 aromatic heterocycles. The Hall–Kier alpha value is -1.71. The largest absolute Gasteiger partial charge is 0.491 e. The molecule has 122 valence electrons. The summed E-state index contributed by atoms with van der Waals surface area (Å²) in [6.07, 6.45) is 6.33. The summed E-state index contributed by atoms with van der Waals surface area (Å²) in [6, 6.07) is 8.68. The van der Waals surface area contributed by atoms with E-state index >= 15 is 0 Å². The fourth-order valence-corrected chi connectivity index (χ4v) is 2.91. The highest BCUT2D eigenvalue weighted by Gasteiger charge is 2.13. The molecular weight excluding hydrogens is 274 g/mol. The molecule has 0 saturated heterocycles. The molecule has 0 amide bonds. The summed E-state index contributed by atoms with van der Waals surface area (Å²) >= 11 is 0. The standard InChI is InChI=1S/C18H29N3O/c1-14(2)16-10-6-7-11-17(16)22-13-12-20-18(19)21-15-8-4-3-5-9-15/h6-7,10-11,14-15H,3-5,8-9,12-13H2,1-2H3,(H3,19,20,21). The molecule has 22 heavy (non-hydrogen) atoms. The fraction of sp³-hybridized carbons (Fsp3) is 0.611. The molecule has 4 nitrogen and oxygen atoms in total. The van der Waals surface area contributed by atoms with Crippen LogP contribution < -0.4 is 15.8 Å². The molecule has 1 saturated carbocycles. The number of hydrogen-bond acceptors (Lipinski definition) is 2. The average molecular weight is 303 g/mol. The van der Waals surface area contributed by atoms with Crippen molar-refractivity contribution in [3.8, 4) is 5.75 Å². The summed E-state index contributed by atoms with van der Waals surface area (Å²) in [4.78, 5) is 4.37. The normalized spacial score (nSPS) is 16.8. The summed E-state index contributed by atoms with van der Waals surface area (Å²) < 4.78 is 5.85. The number of hydrogen-bond donors (Lipinski definition) is 2. The van der Waals surface area contributed by atoms with E-state index in [1.807, 2.05) is 18.2 Å². The average Bonchev–Trinajstić information content (AvgIpc) is 2.53. The number of nitrogens with two attached hydrogens (primary N) is 1. The van der Waals surface area contributed by atoms with Crippen molar-refractivity contribution in [2.45, 2.75) is 57.9 Å². The van der Waals surface area contributed by atoms with Gasteiger partial charge in [-0.15, -0.1) is 0 Å². The number of nitrogens with one attached hydrogen (secondary N) is 1. The molecule has 0 heterocycles. The third kappa shape index (κ3) is 5.24. The highest BCUT2D eigenvalue weighted by molar-refractivity contribution is 5.78. The number of para-hydroxylation sites is 1. The predicted molar refractivity (Wildman–Crippen MR) is 92.5 cm³/mol. The summed E-state index contributed by atoms with van der Waals surface area (Å²) in [6.45, 7) is 5.48. The van der Waals surface area contributed by atoms with Crippen molar-refractivity contribution in [1.82, 2.24) is 5.32 Å². The van der Waals surface area contributed by atoms with Gasteiger partial charge in [-0.1, -0.05) is 51.3 Å². The Bertz CT molecular complexity index is 479. The summed E-state index contributed by atoms with van der Waals surface area (Å²) in [5.74, 6) is 1.96. The van der Waals surface area contributed by atoms with Crippen molar-refractivity contribution in [3.05, 3.63) is 29.8 Å². The van der Waals surface area contributed by atoms with E-state index in [9.17, 15) is 0 Å². The summed E-state index contributed by atoms with van der Waals surface area (Å²) in [5, 5.41) is 3.32. The molecule has 1 aliphatic carbocycles. The molecule has 2 rings (SSSR count). The van der Waals surface area contributed by atoms with Gasteiger partial charge < -0.3 is 15.8 Å². The van der Waals surface area contributed by atoms with Gasteiger partial charge in [0, 0.05) is 6.04 Å². The quantitative estimate of drug-likeness (QED) is 0.481. The van der Waals surface area contributed by atoms with Crippen molar-refractivity contribution >= 4 is 5.96 Å². The SMILES string of the molecule is CC(C)c1ccccc1OCCN=C(N)NC1CCCCC1. The van der Waals surface area contributed by atoms with Crippen LogP contribution in [0.25, 0.3) is 0 Å². The van der Waals surface area contributed by atoms with Crippen molar-refractivity contribution in [2.75, 3.05) is 13.2 Å². The van der Waals surface area contributed by atoms with E-state index in [0.717, 1.165) is 5.75 Å². The molecule has 0 unspecified atom stereocenters. The van der Waals surface area contributed by atoms with Gasteiger partial charge in [0.15, 0.2) is 5.96 Å². The van der Waals surface area contributed by atoms with E-state index < -0.39 is 0 Å². The van der Waals surface area contributed by atoms with E-state index in [-0.39, 0.29) is 0 Å². The predicted octanol–water partition coefficient (Wildman–Crippen LogP) is 3.43. The van der Waals surface area contributed by atoms with Crippen LogP contribution in [0, 0.1) is 0 Å². The lowest BCUT2D eigenvalue weighted by Crippen LogP contribution is -2.41. The first-order chi connectivity index (χ1) is 10.7. The number of benzene rings is 1. The van der Waals surface area contributed by atoms with Crippen LogP contribution >= 0.6 is 0 Å². The van der Waals surface area contributed by atoms with Crippen LogP contribution in [0.1, 0.15) is 57.4 Å². The van der Waals surface area contributed by atoms with Crippen LogP contribution in [-0.2, 0) is 0 Å². The third-order valence-corrected chi connectivity index (χ3v) is 4.13. The molecule has 1 aliphatic rings. The van der Waals surface area contributed by atoms with Gasteiger partial charge in [-0.2, -0.15) is 0 Å². The molecule has 0 radical (unpaired) electrons. The first kappa shape index (κ1) is 16.7. The smallest absolute Gasteiger partial charge is 0.188 e.